The number of hydrogen-bond acceptors (Lipinski definition) is 3. The number of carboxylic acids is 1. The Morgan fingerprint density at radius 2 is 2.05 bits per heavy atom. The molecule has 0 aliphatic heterocycles. The Labute approximate surface area is 117 Å². The lowest BCUT2D eigenvalue weighted by Gasteiger charge is -2.24. The predicted octanol–water partition coefficient (Wildman–Crippen LogP) is 1.62. The van der Waals surface area contributed by atoms with Gasteiger partial charge in [0.1, 0.15) is 0 Å². The second kappa shape index (κ2) is 4.77. The Balaban J connectivity index is 2.59. The van der Waals surface area contributed by atoms with Crippen molar-refractivity contribution in [1.82, 2.24) is 0 Å². The van der Waals surface area contributed by atoms with Crippen LogP contribution in [0.5, 0.6) is 0 Å². The van der Waals surface area contributed by atoms with Crippen molar-refractivity contribution in [1.29, 1.82) is 0 Å². The van der Waals surface area contributed by atoms with E-state index in [2.05, 4.69) is 15.9 Å². The Bertz CT molecular complexity index is 584. The molecule has 0 aromatic heterocycles. The second-order valence-corrected chi connectivity index (χ2v) is 5.40. The van der Waals surface area contributed by atoms with Crippen LogP contribution in [-0.2, 0) is 15.0 Å². The number of carbonyl (C=O) groups is 3. The van der Waals surface area contributed by atoms with Crippen molar-refractivity contribution in [2.75, 3.05) is 0 Å². The highest BCUT2D eigenvalue weighted by Crippen LogP contribution is 2.42. The average Bonchev–Trinajstić information content (AvgIpc) is 2.71. The lowest BCUT2D eigenvalue weighted by atomic mass is 9.78. The Morgan fingerprint density at radius 3 is 2.47 bits per heavy atom. The van der Waals surface area contributed by atoms with Gasteiger partial charge in [-0.2, -0.15) is 0 Å². The van der Waals surface area contributed by atoms with Crippen LogP contribution in [0.2, 0.25) is 0 Å². The predicted molar refractivity (Wildman–Crippen MR) is 70.8 cm³/mol. The van der Waals surface area contributed by atoms with E-state index in [4.69, 9.17) is 5.73 Å². The van der Waals surface area contributed by atoms with Gasteiger partial charge in [0.2, 0.25) is 5.91 Å². The quantitative estimate of drug-likeness (QED) is 0.825. The van der Waals surface area contributed by atoms with Gasteiger partial charge < -0.3 is 10.8 Å². The van der Waals surface area contributed by atoms with Crippen LogP contribution in [0.15, 0.2) is 22.7 Å². The Hall–Kier alpha value is -1.69. The van der Waals surface area contributed by atoms with E-state index >= 15 is 0 Å². The number of rotatable bonds is 3. The topological polar surface area (TPSA) is 97.5 Å². The fraction of sp³-hybridized carbons (Fsp3) is 0.308. The van der Waals surface area contributed by atoms with Crippen LogP contribution in [0.1, 0.15) is 35.2 Å². The summed E-state index contributed by atoms with van der Waals surface area (Å²) < 4.78 is 0.418. The van der Waals surface area contributed by atoms with Gasteiger partial charge in [0.15, 0.2) is 11.2 Å². The first-order valence-electron chi connectivity index (χ1n) is 5.76. The fourth-order valence-corrected chi connectivity index (χ4v) is 3.22. The number of aliphatic carboxylic acids is 1. The molecule has 0 bridgehead atoms. The summed E-state index contributed by atoms with van der Waals surface area (Å²) >= 11 is 3.23. The zero-order valence-electron chi connectivity index (χ0n) is 9.98. The summed E-state index contributed by atoms with van der Waals surface area (Å²) in [4.78, 5) is 34.7. The van der Waals surface area contributed by atoms with Crippen LogP contribution in [0, 0.1) is 0 Å². The van der Waals surface area contributed by atoms with Gasteiger partial charge in [0, 0.05) is 16.5 Å². The first-order chi connectivity index (χ1) is 8.89. The minimum Gasteiger partial charge on any atom is -0.480 e. The van der Waals surface area contributed by atoms with E-state index in [9.17, 15) is 19.5 Å². The zero-order chi connectivity index (χ0) is 14.2. The molecule has 1 atom stereocenters. The minimum atomic E-state index is -1.50. The molecule has 1 saturated carbocycles. The third kappa shape index (κ3) is 2.06. The van der Waals surface area contributed by atoms with Crippen molar-refractivity contribution in [2.45, 2.75) is 24.7 Å². The second-order valence-electron chi connectivity index (χ2n) is 4.55. The van der Waals surface area contributed by atoms with Crippen LogP contribution in [0.25, 0.3) is 0 Å². The lowest BCUT2D eigenvalue weighted by molar-refractivity contribution is -0.147. The molecule has 1 aromatic carbocycles. The van der Waals surface area contributed by atoms with Gasteiger partial charge in [0.05, 0.1) is 0 Å². The minimum absolute atomic E-state index is 0.260. The van der Waals surface area contributed by atoms with Gasteiger partial charge in [-0.15, -0.1) is 0 Å². The molecule has 6 heteroatoms. The highest BCUT2D eigenvalue weighted by Gasteiger charge is 2.51. The summed E-state index contributed by atoms with van der Waals surface area (Å²) in [6, 6.07) is 4.38. The summed E-state index contributed by atoms with van der Waals surface area (Å²) in [5, 5.41) is 9.46. The molecule has 1 unspecified atom stereocenters. The molecule has 2 rings (SSSR count). The Morgan fingerprint density at radius 1 is 1.37 bits per heavy atom. The number of Topliss-reactive ketones (excluding diaryl/α,β-unsaturated/α-hetero) is 1. The SMILES string of the molecule is NC(=O)c1ccc(C2(C(=O)O)CCCC2=O)c(Br)c1. The van der Waals surface area contributed by atoms with E-state index in [0.29, 0.717) is 16.5 Å². The van der Waals surface area contributed by atoms with Gasteiger partial charge in [-0.3, -0.25) is 14.4 Å². The first-order valence-corrected chi connectivity index (χ1v) is 6.55. The molecule has 1 aliphatic carbocycles. The van der Waals surface area contributed by atoms with Gasteiger partial charge in [0.25, 0.3) is 0 Å². The number of ketones is 1. The van der Waals surface area contributed by atoms with Crippen molar-refractivity contribution >= 4 is 33.6 Å². The third-order valence-electron chi connectivity index (χ3n) is 3.51. The molecule has 1 aromatic rings. The van der Waals surface area contributed by atoms with Crippen molar-refractivity contribution < 1.29 is 19.5 Å². The smallest absolute Gasteiger partial charge is 0.321 e. The number of carbonyl (C=O) groups excluding carboxylic acids is 2. The van der Waals surface area contributed by atoms with Crippen LogP contribution in [-0.4, -0.2) is 22.8 Å². The number of halogens is 1. The van der Waals surface area contributed by atoms with Crippen LogP contribution < -0.4 is 5.73 Å². The molecule has 0 saturated heterocycles. The molecule has 0 spiro atoms. The third-order valence-corrected chi connectivity index (χ3v) is 4.17. The van der Waals surface area contributed by atoms with Gasteiger partial charge >= 0.3 is 5.97 Å². The molecule has 100 valence electrons. The van der Waals surface area contributed by atoms with Crippen LogP contribution in [0.4, 0.5) is 0 Å². The number of benzene rings is 1. The highest BCUT2D eigenvalue weighted by molar-refractivity contribution is 9.10. The standard InChI is InChI=1S/C13H12BrNO4/c14-9-6-7(11(15)17)3-4-8(9)13(12(18)19)5-1-2-10(13)16/h3-4,6H,1-2,5H2,(H2,15,17)(H,18,19). The van der Waals surface area contributed by atoms with Crippen molar-refractivity contribution in [3.8, 4) is 0 Å². The molecule has 0 radical (unpaired) electrons. The number of carboxylic acid groups (broad SMARTS) is 1. The Kier molecular flexibility index (Phi) is 3.45. The highest BCUT2D eigenvalue weighted by atomic mass is 79.9. The van der Waals surface area contributed by atoms with Crippen molar-refractivity contribution in [3.63, 3.8) is 0 Å². The maximum absolute atomic E-state index is 12.0. The number of primary amides is 1. The summed E-state index contributed by atoms with van der Waals surface area (Å²) in [5.74, 6) is -2.05. The molecule has 1 fully saturated rings. The maximum Gasteiger partial charge on any atom is 0.321 e. The number of amides is 1. The van der Waals surface area contributed by atoms with E-state index in [0.717, 1.165) is 0 Å². The van der Waals surface area contributed by atoms with E-state index in [1.54, 1.807) is 0 Å². The fourth-order valence-electron chi connectivity index (χ4n) is 2.51. The molecular weight excluding hydrogens is 314 g/mol. The summed E-state index contributed by atoms with van der Waals surface area (Å²) in [6.45, 7) is 0. The zero-order valence-corrected chi connectivity index (χ0v) is 11.6. The largest absolute Gasteiger partial charge is 0.480 e. The molecular formula is C13H12BrNO4. The maximum atomic E-state index is 12.0. The first kappa shape index (κ1) is 13.7. The van der Waals surface area contributed by atoms with Gasteiger partial charge in [-0.25, -0.2) is 0 Å². The van der Waals surface area contributed by atoms with E-state index in [-0.39, 0.29) is 24.2 Å². The van der Waals surface area contributed by atoms with E-state index in [1.165, 1.54) is 18.2 Å². The molecule has 1 amide bonds. The van der Waals surface area contributed by atoms with Gasteiger partial charge in [-0.1, -0.05) is 22.0 Å². The number of hydrogen-bond donors (Lipinski definition) is 2. The van der Waals surface area contributed by atoms with E-state index < -0.39 is 17.3 Å². The van der Waals surface area contributed by atoms with Crippen LogP contribution >= 0.6 is 15.9 Å². The van der Waals surface area contributed by atoms with Crippen LogP contribution in [0.3, 0.4) is 0 Å². The normalized spacial score (nSPS) is 22.5. The molecule has 5 nitrogen and oxygen atoms in total. The van der Waals surface area contributed by atoms with Crippen molar-refractivity contribution in [2.24, 2.45) is 5.73 Å². The monoisotopic (exact) mass is 325 g/mol. The molecule has 3 N–H and O–H groups in total. The molecule has 0 heterocycles. The summed E-state index contributed by atoms with van der Waals surface area (Å²) in [5.41, 5.74) is 4.31. The van der Waals surface area contributed by atoms with Gasteiger partial charge in [-0.05, 0) is 30.5 Å². The molecule has 1 aliphatic rings. The number of nitrogens with two attached hydrogens (primary N) is 1. The summed E-state index contributed by atoms with van der Waals surface area (Å²) in [6.07, 6.45) is 1.08. The van der Waals surface area contributed by atoms with Crippen molar-refractivity contribution in [3.05, 3.63) is 33.8 Å². The average molecular weight is 326 g/mol. The summed E-state index contributed by atoms with van der Waals surface area (Å²) in [7, 11) is 0. The molecule has 19 heavy (non-hydrogen) atoms. The van der Waals surface area contributed by atoms with E-state index in [1.807, 2.05) is 0 Å². The lowest BCUT2D eigenvalue weighted by Crippen LogP contribution is -2.40.